The van der Waals surface area contributed by atoms with E-state index in [2.05, 4.69) is 15.1 Å². The average Bonchev–Trinajstić information content (AvgIpc) is 3.24. The second kappa shape index (κ2) is 12.5. The summed E-state index contributed by atoms with van der Waals surface area (Å²) in [4.78, 5) is 28.6. The minimum Gasteiger partial charge on any atom is -0.380 e. The number of carbonyl (C=O) groups excluding carboxylic acids is 1. The van der Waals surface area contributed by atoms with Crippen molar-refractivity contribution < 1.29 is 36.1 Å². The van der Waals surface area contributed by atoms with Crippen molar-refractivity contribution in [1.29, 1.82) is 0 Å². The van der Waals surface area contributed by atoms with Gasteiger partial charge in [0, 0.05) is 62.6 Å². The van der Waals surface area contributed by atoms with Gasteiger partial charge in [0.15, 0.2) is 0 Å². The third-order valence-electron chi connectivity index (χ3n) is 7.42. The second-order valence-electron chi connectivity index (χ2n) is 10.3. The number of alkyl halides is 6. The second-order valence-corrected chi connectivity index (χ2v) is 10.3. The van der Waals surface area contributed by atoms with Crippen molar-refractivity contribution in [3.05, 3.63) is 63.7 Å². The Morgan fingerprint density at radius 1 is 0.951 bits per heavy atom. The van der Waals surface area contributed by atoms with Crippen LogP contribution in [-0.2, 0) is 17.1 Å². The predicted octanol–water partition coefficient (Wildman–Crippen LogP) is 5.64. The Kier molecular flexibility index (Phi) is 9.30. The Morgan fingerprint density at radius 3 is 2.34 bits per heavy atom. The van der Waals surface area contributed by atoms with Gasteiger partial charge in [-0.1, -0.05) is 0 Å². The number of carbonyl (C=O) groups is 1. The molecule has 4 rings (SSSR count). The first-order valence-corrected chi connectivity index (χ1v) is 13.4. The first-order chi connectivity index (χ1) is 19.3. The van der Waals surface area contributed by atoms with E-state index in [1.807, 2.05) is 0 Å². The fourth-order valence-corrected chi connectivity index (χ4v) is 5.28. The van der Waals surface area contributed by atoms with E-state index in [-0.39, 0.29) is 17.6 Å². The molecule has 2 fully saturated rings. The van der Waals surface area contributed by atoms with Crippen LogP contribution in [-0.4, -0.2) is 72.5 Å². The van der Waals surface area contributed by atoms with E-state index in [9.17, 15) is 41.3 Å². The summed E-state index contributed by atoms with van der Waals surface area (Å²) in [6, 6.07) is 7.68. The van der Waals surface area contributed by atoms with Crippen molar-refractivity contribution in [2.75, 3.05) is 56.0 Å². The maximum atomic E-state index is 13.3. The SMILES string of the molecule is O=C(CCCN1CCCN(c2ccc(C(F)(F)F)cc2)CC1)N1CC[C@@H](Nc2ccc([N+](=O)[O-])c(C(F)(F)F)c2)C1. The standard InChI is InChI=1S/C27H31F6N5O3/c28-26(29,30)19-4-7-22(8-5-19)36-13-2-12-35(15-16-36)11-1-3-25(39)37-14-10-21(18-37)34-20-6-9-24(38(40)41)23(17-20)27(31,32)33/h4-9,17,21,34H,1-3,10-16,18H2/t21-/m1/s1. The zero-order valence-corrected chi connectivity index (χ0v) is 22.2. The van der Waals surface area contributed by atoms with Gasteiger partial charge >= 0.3 is 12.4 Å². The molecule has 224 valence electrons. The van der Waals surface area contributed by atoms with Crippen molar-refractivity contribution in [3.8, 4) is 0 Å². The molecule has 1 atom stereocenters. The van der Waals surface area contributed by atoms with E-state index in [1.54, 1.807) is 4.90 Å². The van der Waals surface area contributed by atoms with Crippen LogP contribution in [0.2, 0.25) is 0 Å². The summed E-state index contributed by atoms with van der Waals surface area (Å²) in [5.41, 5.74) is -2.16. The highest BCUT2D eigenvalue weighted by atomic mass is 19.4. The molecule has 1 N–H and O–H groups in total. The first-order valence-electron chi connectivity index (χ1n) is 13.4. The Labute approximate surface area is 233 Å². The lowest BCUT2D eigenvalue weighted by atomic mass is 10.1. The van der Waals surface area contributed by atoms with Crippen LogP contribution >= 0.6 is 0 Å². The average molecular weight is 588 g/mol. The number of nitrogens with zero attached hydrogens (tertiary/aromatic N) is 4. The number of hydrogen-bond acceptors (Lipinski definition) is 6. The van der Waals surface area contributed by atoms with Gasteiger partial charge in [0.2, 0.25) is 5.91 Å². The van der Waals surface area contributed by atoms with E-state index in [4.69, 9.17) is 0 Å². The summed E-state index contributed by atoms with van der Waals surface area (Å²) in [5.74, 6) is -0.0461. The van der Waals surface area contributed by atoms with Gasteiger partial charge in [0.25, 0.3) is 5.69 Å². The van der Waals surface area contributed by atoms with E-state index in [0.29, 0.717) is 45.4 Å². The monoisotopic (exact) mass is 587 g/mol. The van der Waals surface area contributed by atoms with Crippen LogP contribution in [0.15, 0.2) is 42.5 Å². The smallest absolute Gasteiger partial charge is 0.380 e. The number of hydrogen-bond donors (Lipinski definition) is 1. The third kappa shape index (κ3) is 8.02. The molecular formula is C27H31F6N5O3. The van der Waals surface area contributed by atoms with Crippen LogP contribution in [0.3, 0.4) is 0 Å². The Balaban J connectivity index is 1.21. The van der Waals surface area contributed by atoms with Gasteiger partial charge in [-0.2, -0.15) is 26.3 Å². The van der Waals surface area contributed by atoms with Crippen molar-refractivity contribution in [3.63, 3.8) is 0 Å². The number of benzene rings is 2. The summed E-state index contributed by atoms with van der Waals surface area (Å²) in [7, 11) is 0. The summed E-state index contributed by atoms with van der Waals surface area (Å²) in [6.45, 7) is 4.41. The maximum Gasteiger partial charge on any atom is 0.423 e. The number of anilines is 2. The van der Waals surface area contributed by atoms with E-state index in [0.717, 1.165) is 56.0 Å². The molecule has 14 heteroatoms. The zero-order chi connectivity index (χ0) is 29.8. The molecule has 41 heavy (non-hydrogen) atoms. The number of likely N-dealkylation sites (tertiary alicyclic amines) is 1. The van der Waals surface area contributed by atoms with Crippen LogP contribution in [0.25, 0.3) is 0 Å². The molecule has 0 aromatic heterocycles. The molecule has 0 saturated carbocycles. The molecule has 2 aromatic rings. The molecule has 0 bridgehead atoms. The molecule has 2 aromatic carbocycles. The first kappa shape index (κ1) is 30.4. The third-order valence-corrected chi connectivity index (χ3v) is 7.42. The van der Waals surface area contributed by atoms with Gasteiger partial charge in [-0.15, -0.1) is 0 Å². The van der Waals surface area contributed by atoms with Crippen molar-refractivity contribution >= 4 is 23.0 Å². The van der Waals surface area contributed by atoms with Crippen LogP contribution in [0.5, 0.6) is 0 Å². The number of amides is 1. The largest absolute Gasteiger partial charge is 0.423 e. The van der Waals surface area contributed by atoms with Gasteiger partial charge in [0.1, 0.15) is 5.56 Å². The molecule has 1 amide bonds. The quantitative estimate of drug-likeness (QED) is 0.245. The summed E-state index contributed by atoms with van der Waals surface area (Å²) in [5, 5.41) is 13.9. The van der Waals surface area contributed by atoms with Gasteiger partial charge in [0.05, 0.1) is 10.5 Å². The highest BCUT2D eigenvalue weighted by molar-refractivity contribution is 5.76. The molecule has 0 aliphatic carbocycles. The fourth-order valence-electron chi connectivity index (χ4n) is 5.28. The lowest BCUT2D eigenvalue weighted by Gasteiger charge is -2.24. The lowest BCUT2D eigenvalue weighted by Crippen LogP contribution is -2.33. The Morgan fingerprint density at radius 2 is 1.68 bits per heavy atom. The molecule has 0 radical (unpaired) electrons. The molecule has 2 saturated heterocycles. The normalized spacial score (nSPS) is 18.8. The molecular weight excluding hydrogens is 556 g/mol. The number of nitro benzene ring substituents is 1. The molecule has 2 aliphatic heterocycles. The van der Waals surface area contributed by atoms with E-state index < -0.39 is 34.1 Å². The van der Waals surface area contributed by atoms with Crippen LogP contribution < -0.4 is 10.2 Å². The zero-order valence-electron chi connectivity index (χ0n) is 22.2. The summed E-state index contributed by atoms with van der Waals surface area (Å²) in [6.07, 6.45) is -6.91. The number of nitrogens with one attached hydrogen (secondary N) is 1. The van der Waals surface area contributed by atoms with Crippen LogP contribution in [0, 0.1) is 10.1 Å². The lowest BCUT2D eigenvalue weighted by molar-refractivity contribution is -0.388. The Bertz CT molecular complexity index is 1220. The highest BCUT2D eigenvalue weighted by Gasteiger charge is 2.39. The highest BCUT2D eigenvalue weighted by Crippen LogP contribution is 2.38. The van der Waals surface area contributed by atoms with Gasteiger partial charge in [-0.25, -0.2) is 0 Å². The number of nitro groups is 1. The van der Waals surface area contributed by atoms with Gasteiger partial charge in [-0.05, 0) is 68.8 Å². The molecule has 2 aliphatic rings. The summed E-state index contributed by atoms with van der Waals surface area (Å²) >= 11 is 0. The van der Waals surface area contributed by atoms with Gasteiger partial charge < -0.3 is 20.0 Å². The van der Waals surface area contributed by atoms with Crippen molar-refractivity contribution in [2.45, 2.75) is 44.1 Å². The van der Waals surface area contributed by atoms with Crippen molar-refractivity contribution in [2.24, 2.45) is 0 Å². The van der Waals surface area contributed by atoms with Gasteiger partial charge in [-0.3, -0.25) is 14.9 Å². The minimum absolute atomic E-state index is 0.0461. The Hall–Kier alpha value is -3.55. The summed E-state index contributed by atoms with van der Waals surface area (Å²) < 4.78 is 78.3. The molecule has 0 spiro atoms. The number of halogens is 6. The molecule has 2 heterocycles. The minimum atomic E-state index is -4.87. The van der Waals surface area contributed by atoms with Crippen molar-refractivity contribution in [1.82, 2.24) is 9.80 Å². The topological polar surface area (TPSA) is 82.0 Å². The van der Waals surface area contributed by atoms with E-state index >= 15 is 0 Å². The molecule has 0 unspecified atom stereocenters. The number of rotatable bonds is 8. The van der Waals surface area contributed by atoms with Crippen LogP contribution in [0.1, 0.15) is 36.8 Å². The predicted molar refractivity (Wildman–Crippen MR) is 141 cm³/mol. The molecule has 8 nitrogen and oxygen atoms in total. The maximum absolute atomic E-state index is 13.3. The fraction of sp³-hybridized carbons (Fsp3) is 0.519. The van der Waals surface area contributed by atoms with E-state index in [1.165, 1.54) is 18.2 Å². The van der Waals surface area contributed by atoms with Crippen LogP contribution in [0.4, 0.5) is 43.4 Å².